The molecule has 0 bridgehead atoms. The SMILES string of the molecule is CCC(CC(=O)O)NC(=O)CCNS(=O)(=O)c1cccs1. The van der Waals surface area contributed by atoms with E-state index in [2.05, 4.69) is 10.0 Å². The van der Waals surface area contributed by atoms with Crippen molar-refractivity contribution < 1.29 is 23.1 Å². The van der Waals surface area contributed by atoms with E-state index in [1.165, 1.54) is 6.07 Å². The van der Waals surface area contributed by atoms with Crippen LogP contribution in [-0.4, -0.2) is 38.0 Å². The van der Waals surface area contributed by atoms with E-state index in [-0.39, 0.29) is 29.5 Å². The number of carboxylic acid groups (broad SMARTS) is 1. The lowest BCUT2D eigenvalue weighted by Gasteiger charge is -2.14. The number of hydrogen-bond donors (Lipinski definition) is 3. The largest absolute Gasteiger partial charge is 0.481 e. The molecule has 1 aromatic heterocycles. The minimum absolute atomic E-state index is 0.0322. The van der Waals surface area contributed by atoms with Crippen molar-refractivity contribution in [2.75, 3.05) is 6.54 Å². The van der Waals surface area contributed by atoms with Crippen LogP contribution in [0.4, 0.5) is 0 Å². The molecule has 9 heteroatoms. The van der Waals surface area contributed by atoms with Gasteiger partial charge in [0.05, 0.1) is 6.42 Å². The van der Waals surface area contributed by atoms with E-state index in [0.717, 1.165) is 11.3 Å². The molecular weight excluding hydrogens is 316 g/mol. The normalized spacial score (nSPS) is 12.8. The van der Waals surface area contributed by atoms with Gasteiger partial charge in [0, 0.05) is 19.0 Å². The lowest BCUT2D eigenvalue weighted by Crippen LogP contribution is -2.38. The van der Waals surface area contributed by atoms with Crippen molar-refractivity contribution >= 4 is 33.2 Å². The Balaban J connectivity index is 2.38. The molecule has 0 aliphatic heterocycles. The maximum atomic E-state index is 11.8. The maximum absolute atomic E-state index is 11.8. The van der Waals surface area contributed by atoms with E-state index in [1.807, 2.05) is 0 Å². The quantitative estimate of drug-likeness (QED) is 0.618. The first-order valence-electron chi connectivity index (χ1n) is 6.39. The molecule has 0 saturated carbocycles. The number of hydrogen-bond acceptors (Lipinski definition) is 5. The van der Waals surface area contributed by atoms with Crippen LogP contribution in [0, 0.1) is 0 Å². The summed E-state index contributed by atoms with van der Waals surface area (Å²) in [5, 5.41) is 12.9. The molecule has 1 rings (SSSR count). The molecule has 0 aliphatic carbocycles. The molecule has 0 fully saturated rings. The van der Waals surface area contributed by atoms with Crippen molar-refractivity contribution in [3.63, 3.8) is 0 Å². The van der Waals surface area contributed by atoms with Crippen molar-refractivity contribution in [3.05, 3.63) is 17.5 Å². The van der Waals surface area contributed by atoms with Crippen molar-refractivity contribution in [2.45, 2.75) is 36.4 Å². The number of carbonyl (C=O) groups excluding carboxylic acids is 1. The zero-order valence-electron chi connectivity index (χ0n) is 11.5. The molecule has 0 radical (unpaired) electrons. The molecule has 1 unspecified atom stereocenters. The fourth-order valence-electron chi connectivity index (χ4n) is 1.59. The van der Waals surface area contributed by atoms with Crippen LogP contribution in [0.1, 0.15) is 26.2 Å². The van der Waals surface area contributed by atoms with Crippen molar-refractivity contribution in [1.82, 2.24) is 10.0 Å². The molecule has 21 heavy (non-hydrogen) atoms. The van der Waals surface area contributed by atoms with Gasteiger partial charge in [-0.15, -0.1) is 11.3 Å². The third-order valence-electron chi connectivity index (χ3n) is 2.68. The second-order valence-electron chi connectivity index (χ2n) is 4.35. The van der Waals surface area contributed by atoms with Gasteiger partial charge in [-0.3, -0.25) is 9.59 Å². The summed E-state index contributed by atoms with van der Waals surface area (Å²) in [6.45, 7) is 1.74. The van der Waals surface area contributed by atoms with Gasteiger partial charge in [0.2, 0.25) is 15.9 Å². The van der Waals surface area contributed by atoms with Crippen LogP contribution in [0.3, 0.4) is 0 Å². The summed E-state index contributed by atoms with van der Waals surface area (Å²) in [6.07, 6.45) is 0.308. The zero-order chi connectivity index (χ0) is 15.9. The van der Waals surface area contributed by atoms with Gasteiger partial charge in [0.1, 0.15) is 4.21 Å². The van der Waals surface area contributed by atoms with Gasteiger partial charge in [-0.05, 0) is 17.9 Å². The Morgan fingerprint density at radius 3 is 2.67 bits per heavy atom. The van der Waals surface area contributed by atoms with E-state index in [4.69, 9.17) is 5.11 Å². The number of amides is 1. The summed E-state index contributed by atoms with van der Waals surface area (Å²) >= 11 is 1.09. The second kappa shape index (κ2) is 8.11. The average Bonchev–Trinajstić information content (AvgIpc) is 2.91. The van der Waals surface area contributed by atoms with E-state index in [1.54, 1.807) is 18.4 Å². The first-order valence-corrected chi connectivity index (χ1v) is 8.75. The van der Waals surface area contributed by atoms with Crippen LogP contribution in [0.5, 0.6) is 0 Å². The van der Waals surface area contributed by atoms with Gasteiger partial charge in [-0.1, -0.05) is 13.0 Å². The molecule has 1 amide bonds. The first-order chi connectivity index (χ1) is 9.85. The zero-order valence-corrected chi connectivity index (χ0v) is 13.2. The predicted molar refractivity (Wildman–Crippen MR) is 78.6 cm³/mol. The Labute approximate surface area is 127 Å². The van der Waals surface area contributed by atoms with Gasteiger partial charge in [-0.2, -0.15) is 0 Å². The van der Waals surface area contributed by atoms with Crippen LogP contribution in [0.15, 0.2) is 21.7 Å². The summed E-state index contributed by atoms with van der Waals surface area (Å²) in [5.74, 6) is -1.36. The van der Waals surface area contributed by atoms with E-state index >= 15 is 0 Å². The third-order valence-corrected chi connectivity index (χ3v) is 5.54. The highest BCUT2D eigenvalue weighted by molar-refractivity contribution is 7.91. The highest BCUT2D eigenvalue weighted by Gasteiger charge is 2.17. The smallest absolute Gasteiger partial charge is 0.305 e. The molecule has 118 valence electrons. The van der Waals surface area contributed by atoms with Crippen LogP contribution in [0.25, 0.3) is 0 Å². The van der Waals surface area contributed by atoms with Gasteiger partial charge >= 0.3 is 5.97 Å². The van der Waals surface area contributed by atoms with Crippen LogP contribution in [0.2, 0.25) is 0 Å². The summed E-state index contributed by atoms with van der Waals surface area (Å²) in [5.41, 5.74) is 0. The number of carboxylic acids is 1. The van der Waals surface area contributed by atoms with Gasteiger partial charge in [0.15, 0.2) is 0 Å². The number of nitrogens with one attached hydrogen (secondary N) is 2. The lowest BCUT2D eigenvalue weighted by atomic mass is 10.1. The van der Waals surface area contributed by atoms with Crippen LogP contribution in [-0.2, 0) is 19.6 Å². The van der Waals surface area contributed by atoms with Gasteiger partial charge in [-0.25, -0.2) is 13.1 Å². The molecule has 0 saturated heterocycles. The summed E-state index contributed by atoms with van der Waals surface area (Å²) in [6, 6.07) is 2.67. The van der Waals surface area contributed by atoms with E-state index in [9.17, 15) is 18.0 Å². The molecule has 0 aliphatic rings. The lowest BCUT2D eigenvalue weighted by molar-refractivity contribution is -0.137. The first kappa shape index (κ1) is 17.6. The monoisotopic (exact) mass is 334 g/mol. The predicted octanol–water partition coefficient (Wildman–Crippen LogP) is 0.786. The molecule has 1 heterocycles. The Kier molecular flexibility index (Phi) is 6.79. The summed E-state index contributed by atoms with van der Waals surface area (Å²) in [7, 11) is -3.57. The Bertz CT molecular complexity index is 568. The standard InChI is InChI=1S/C12H18N2O5S2/c1-2-9(8-11(16)17)14-10(15)5-6-13-21(18,19)12-4-3-7-20-12/h3-4,7,9,13H,2,5-6,8H2,1H3,(H,14,15)(H,16,17). The molecule has 7 nitrogen and oxygen atoms in total. The van der Waals surface area contributed by atoms with E-state index < -0.39 is 22.0 Å². The Hall–Kier alpha value is -1.45. The molecule has 1 aromatic rings. The van der Waals surface area contributed by atoms with E-state index in [0.29, 0.717) is 6.42 Å². The fraction of sp³-hybridized carbons (Fsp3) is 0.500. The van der Waals surface area contributed by atoms with Crippen molar-refractivity contribution in [3.8, 4) is 0 Å². The maximum Gasteiger partial charge on any atom is 0.305 e. The number of sulfonamides is 1. The summed E-state index contributed by atoms with van der Waals surface area (Å²) in [4.78, 5) is 22.2. The number of thiophene rings is 1. The molecule has 1 atom stereocenters. The summed E-state index contributed by atoms with van der Waals surface area (Å²) < 4.78 is 26.1. The van der Waals surface area contributed by atoms with Crippen LogP contribution < -0.4 is 10.0 Å². The molecule has 0 aromatic carbocycles. The van der Waals surface area contributed by atoms with Gasteiger partial charge < -0.3 is 10.4 Å². The number of aliphatic carboxylic acids is 1. The molecule has 3 N–H and O–H groups in total. The molecular formula is C12H18N2O5S2. The van der Waals surface area contributed by atoms with Crippen molar-refractivity contribution in [1.29, 1.82) is 0 Å². The second-order valence-corrected chi connectivity index (χ2v) is 7.29. The van der Waals surface area contributed by atoms with Gasteiger partial charge in [0.25, 0.3) is 0 Å². The Morgan fingerprint density at radius 1 is 1.43 bits per heavy atom. The average molecular weight is 334 g/mol. The minimum atomic E-state index is -3.57. The number of rotatable bonds is 9. The topological polar surface area (TPSA) is 113 Å². The van der Waals surface area contributed by atoms with Crippen LogP contribution >= 0.6 is 11.3 Å². The minimum Gasteiger partial charge on any atom is -0.481 e. The fourth-order valence-corrected chi connectivity index (χ4v) is 3.66. The van der Waals surface area contributed by atoms with Crippen molar-refractivity contribution in [2.24, 2.45) is 0 Å². The highest BCUT2D eigenvalue weighted by atomic mass is 32.2. The molecule has 0 spiro atoms. The third kappa shape index (κ3) is 6.23. The number of carbonyl (C=O) groups is 2. The Morgan fingerprint density at radius 2 is 2.14 bits per heavy atom. The highest BCUT2D eigenvalue weighted by Crippen LogP contribution is 2.14.